The molecule has 1 atom stereocenters. The lowest BCUT2D eigenvalue weighted by atomic mass is 10.3. The summed E-state index contributed by atoms with van der Waals surface area (Å²) in [5, 5.41) is 11.4. The molecule has 0 aliphatic rings. The van der Waals surface area contributed by atoms with Gasteiger partial charge in [-0.1, -0.05) is 0 Å². The number of aromatic amines is 1. The Balaban J connectivity index is 3.06. The Morgan fingerprint density at radius 1 is 1.67 bits per heavy atom. The number of aromatic nitrogens is 3. The zero-order valence-corrected chi connectivity index (χ0v) is 7.31. The van der Waals surface area contributed by atoms with E-state index in [2.05, 4.69) is 5.10 Å². The topological polar surface area (TPSA) is 131 Å². The van der Waals surface area contributed by atoms with Crippen molar-refractivity contribution in [2.75, 3.05) is 0 Å². The van der Waals surface area contributed by atoms with Crippen LogP contribution in [0.4, 0.5) is 4.39 Å². The third-order valence-electron chi connectivity index (χ3n) is 1.54. The fraction of sp³-hybridized carbons (Fsp3) is 0.333. The first kappa shape index (κ1) is 11.0. The fourth-order valence-corrected chi connectivity index (χ4v) is 0.798. The Hall–Kier alpha value is -2.03. The van der Waals surface area contributed by atoms with E-state index in [1.807, 2.05) is 0 Å². The number of carboxylic acid groups (broad SMARTS) is 1. The number of hydrogen-bond acceptors (Lipinski definition) is 5. The van der Waals surface area contributed by atoms with Gasteiger partial charge in [0.1, 0.15) is 6.04 Å². The molecule has 82 valence electrons. The average Bonchev–Trinajstić information content (AvgIpc) is 2.13. The molecule has 0 unspecified atom stereocenters. The van der Waals surface area contributed by atoms with Crippen LogP contribution in [-0.4, -0.2) is 31.9 Å². The van der Waals surface area contributed by atoms with Gasteiger partial charge >= 0.3 is 17.2 Å². The number of carboxylic acids is 1. The number of rotatable bonds is 3. The van der Waals surface area contributed by atoms with Crippen LogP contribution in [0.2, 0.25) is 0 Å². The summed E-state index contributed by atoms with van der Waals surface area (Å²) in [6.45, 7) is -0.526. The summed E-state index contributed by atoms with van der Waals surface area (Å²) >= 11 is 0. The van der Waals surface area contributed by atoms with Crippen LogP contribution in [-0.2, 0) is 11.3 Å². The highest BCUT2D eigenvalue weighted by molar-refractivity contribution is 5.72. The Morgan fingerprint density at radius 3 is 2.80 bits per heavy atom. The number of H-pyrrole nitrogens is 1. The van der Waals surface area contributed by atoms with Gasteiger partial charge in [-0.15, -0.1) is 5.10 Å². The molecule has 0 saturated carbocycles. The summed E-state index contributed by atoms with van der Waals surface area (Å²) in [4.78, 5) is 33.5. The molecule has 0 aliphatic heterocycles. The van der Waals surface area contributed by atoms with E-state index in [1.165, 1.54) is 0 Å². The Labute approximate surface area is 81.1 Å². The minimum Gasteiger partial charge on any atom is -0.480 e. The van der Waals surface area contributed by atoms with Crippen LogP contribution in [0.1, 0.15) is 0 Å². The van der Waals surface area contributed by atoms with Crippen LogP contribution in [0.3, 0.4) is 0 Å². The predicted molar refractivity (Wildman–Crippen MR) is 44.7 cm³/mol. The molecule has 9 heteroatoms. The molecule has 1 heterocycles. The minimum atomic E-state index is -1.42. The van der Waals surface area contributed by atoms with Crippen molar-refractivity contribution < 1.29 is 14.3 Å². The van der Waals surface area contributed by atoms with Crippen LogP contribution in [0, 0.1) is 5.95 Å². The molecule has 0 aliphatic carbocycles. The van der Waals surface area contributed by atoms with Crippen molar-refractivity contribution >= 4 is 5.97 Å². The van der Waals surface area contributed by atoms with Gasteiger partial charge in [-0.05, 0) is 0 Å². The van der Waals surface area contributed by atoms with Crippen LogP contribution >= 0.6 is 0 Å². The van der Waals surface area contributed by atoms with Gasteiger partial charge < -0.3 is 10.8 Å². The van der Waals surface area contributed by atoms with E-state index >= 15 is 0 Å². The highest BCUT2D eigenvalue weighted by Gasteiger charge is 2.15. The second kappa shape index (κ2) is 4.00. The van der Waals surface area contributed by atoms with Gasteiger partial charge in [-0.25, -0.2) is 9.48 Å². The summed E-state index contributed by atoms with van der Waals surface area (Å²) in [7, 11) is 0. The highest BCUT2D eigenvalue weighted by atomic mass is 19.1. The maximum atomic E-state index is 12.6. The summed E-state index contributed by atoms with van der Waals surface area (Å²) in [6, 6.07) is -1.40. The van der Waals surface area contributed by atoms with E-state index < -0.39 is 35.8 Å². The van der Waals surface area contributed by atoms with Gasteiger partial charge in [0, 0.05) is 0 Å². The molecule has 0 bridgehead atoms. The van der Waals surface area contributed by atoms with Crippen molar-refractivity contribution in [3.8, 4) is 0 Å². The third-order valence-corrected chi connectivity index (χ3v) is 1.54. The van der Waals surface area contributed by atoms with Gasteiger partial charge in [0.2, 0.25) is 0 Å². The van der Waals surface area contributed by atoms with Crippen LogP contribution in [0.5, 0.6) is 0 Å². The number of nitrogens with one attached hydrogen (secondary N) is 1. The number of nitrogens with zero attached hydrogens (tertiary/aromatic N) is 2. The van der Waals surface area contributed by atoms with Crippen molar-refractivity contribution in [3.05, 3.63) is 26.8 Å². The molecule has 0 amide bonds. The molecule has 0 saturated heterocycles. The van der Waals surface area contributed by atoms with Crippen molar-refractivity contribution in [2.24, 2.45) is 5.73 Å². The maximum absolute atomic E-state index is 12.6. The first-order valence-corrected chi connectivity index (χ1v) is 3.77. The molecule has 0 spiro atoms. The number of halogens is 1. The molecular weight excluding hydrogens is 211 g/mol. The number of carbonyl (C=O) groups is 1. The maximum Gasteiger partial charge on any atom is 0.344 e. The van der Waals surface area contributed by atoms with E-state index in [0.29, 0.717) is 4.68 Å². The highest BCUT2D eigenvalue weighted by Crippen LogP contribution is 1.83. The quantitative estimate of drug-likeness (QED) is 0.513. The first-order chi connectivity index (χ1) is 6.91. The fourth-order valence-electron chi connectivity index (χ4n) is 0.798. The average molecular weight is 218 g/mol. The monoisotopic (exact) mass is 218 g/mol. The Morgan fingerprint density at radius 2 is 2.27 bits per heavy atom. The van der Waals surface area contributed by atoms with Crippen molar-refractivity contribution in [1.29, 1.82) is 0 Å². The van der Waals surface area contributed by atoms with Gasteiger partial charge in [0.05, 0.1) is 6.54 Å². The van der Waals surface area contributed by atoms with Crippen molar-refractivity contribution in [3.63, 3.8) is 0 Å². The second-order valence-corrected chi connectivity index (χ2v) is 2.68. The summed E-state index contributed by atoms with van der Waals surface area (Å²) < 4.78 is 13.0. The first-order valence-electron chi connectivity index (χ1n) is 3.77. The van der Waals surface area contributed by atoms with Crippen molar-refractivity contribution in [1.82, 2.24) is 14.8 Å². The van der Waals surface area contributed by atoms with E-state index in [0.717, 1.165) is 0 Å². The lowest BCUT2D eigenvalue weighted by Crippen LogP contribution is -2.42. The number of hydrogen-bond donors (Lipinski definition) is 3. The smallest absolute Gasteiger partial charge is 0.344 e. The summed E-state index contributed by atoms with van der Waals surface area (Å²) in [5.41, 5.74) is 2.81. The summed E-state index contributed by atoms with van der Waals surface area (Å²) in [6.07, 6.45) is 0. The van der Waals surface area contributed by atoms with E-state index in [-0.39, 0.29) is 0 Å². The van der Waals surface area contributed by atoms with Gasteiger partial charge in [-0.2, -0.15) is 4.39 Å². The molecule has 15 heavy (non-hydrogen) atoms. The van der Waals surface area contributed by atoms with E-state index in [1.54, 1.807) is 4.98 Å². The normalized spacial score (nSPS) is 12.4. The predicted octanol–water partition coefficient (Wildman–Crippen LogP) is -2.52. The molecule has 4 N–H and O–H groups in total. The molecule has 1 aromatic rings. The SMILES string of the molecule is N[C@@H](Cn1nc(F)c(=O)[nH]c1=O)C(=O)O. The van der Waals surface area contributed by atoms with E-state index in [4.69, 9.17) is 10.8 Å². The largest absolute Gasteiger partial charge is 0.480 e. The minimum absolute atomic E-state index is 0.440. The van der Waals surface area contributed by atoms with Crippen molar-refractivity contribution in [2.45, 2.75) is 12.6 Å². The standard InChI is InChI=1S/C6H7FN4O4/c7-3-4(12)9-6(15)11(10-3)1-2(8)5(13)14/h2H,1,8H2,(H,13,14)(H,9,12,15)/t2-/m0/s1. The second-order valence-electron chi connectivity index (χ2n) is 2.68. The summed E-state index contributed by atoms with van der Waals surface area (Å²) in [5.74, 6) is -2.79. The van der Waals surface area contributed by atoms with Crippen LogP contribution in [0.25, 0.3) is 0 Å². The third kappa shape index (κ3) is 2.47. The molecule has 1 rings (SSSR count). The van der Waals surface area contributed by atoms with E-state index in [9.17, 15) is 18.8 Å². The van der Waals surface area contributed by atoms with Gasteiger partial charge in [-0.3, -0.25) is 14.6 Å². The molecule has 8 nitrogen and oxygen atoms in total. The zero-order chi connectivity index (χ0) is 11.6. The lowest BCUT2D eigenvalue weighted by Gasteiger charge is -2.06. The zero-order valence-electron chi connectivity index (χ0n) is 7.31. The van der Waals surface area contributed by atoms with Crippen LogP contribution < -0.4 is 17.0 Å². The molecule has 1 aromatic heterocycles. The Bertz CT molecular complexity index is 493. The molecule has 0 aromatic carbocycles. The van der Waals surface area contributed by atoms with Gasteiger partial charge in [0.15, 0.2) is 0 Å². The number of aliphatic carboxylic acids is 1. The van der Waals surface area contributed by atoms with Crippen LogP contribution in [0.15, 0.2) is 9.59 Å². The Kier molecular flexibility index (Phi) is 2.95. The lowest BCUT2D eigenvalue weighted by molar-refractivity contribution is -0.138. The number of nitrogens with two attached hydrogens (primary N) is 1. The molecule has 0 radical (unpaired) electrons. The molecule has 0 fully saturated rings. The van der Waals surface area contributed by atoms with Gasteiger partial charge in [0.25, 0.3) is 5.95 Å². The molecular formula is C6H7FN4O4.